The van der Waals surface area contributed by atoms with Crippen molar-refractivity contribution in [2.24, 2.45) is 0 Å². The molecule has 0 amide bonds. The third-order valence-electron chi connectivity index (χ3n) is 29.4. The first kappa shape index (κ1) is 84.4. The molecule has 0 radical (unpaired) electrons. The molecule has 0 atom stereocenters. The van der Waals surface area contributed by atoms with Crippen molar-refractivity contribution in [1.29, 1.82) is 0 Å². The van der Waals surface area contributed by atoms with E-state index in [0.717, 1.165) is 0 Å². The van der Waals surface area contributed by atoms with Crippen LogP contribution in [0.5, 0.6) is 0 Å². The fourth-order valence-corrected chi connectivity index (χ4v) is 23.3. The molecule has 0 spiro atoms. The van der Waals surface area contributed by atoms with E-state index in [1.54, 1.807) is 0 Å². The van der Waals surface area contributed by atoms with Crippen LogP contribution in [0.2, 0.25) is 0 Å². The number of para-hydroxylation sites is 5. The van der Waals surface area contributed by atoms with Crippen LogP contribution in [0.1, 0.15) is 27.8 Å². The molecule has 0 aliphatic carbocycles. The fraction of sp³-hybridized carbons (Fsp3) is 0.0365. The SMILES string of the molecule is Cc1cc2c(c3ccccc13)c1c3ccccc3c3ccccc3c1n2-c1ccccc1.Cc1cc2c(c3ccccc13)c1c3ccccc3ccc1n2-c1ccccc1.Cc1ccc2c3c4ccccc4c4ccccc4c3n(-c3ccccc3)c2c1.Cc1ccc2c3cc(-c4ccccc4)c4ccccc4c3n(-c3ccccc3)c2c1.Cc1ccc2c3ccc4ccccc4c3n(-c3ccccc3)c2c1. The first-order chi connectivity index (χ1) is 70.1. The van der Waals surface area contributed by atoms with Crippen molar-refractivity contribution in [3.05, 3.63) is 525 Å². The Morgan fingerprint density at radius 2 is 0.408 bits per heavy atom. The highest BCUT2D eigenvalue weighted by Gasteiger charge is 2.26. The van der Waals surface area contributed by atoms with Crippen LogP contribution in [0.4, 0.5) is 0 Å². The highest BCUT2D eigenvalue weighted by Crippen LogP contribution is 2.50. The van der Waals surface area contributed by atoms with E-state index < -0.39 is 0 Å². The van der Waals surface area contributed by atoms with Crippen LogP contribution in [-0.2, 0) is 0 Å². The average Bonchev–Trinajstić information content (AvgIpc) is 1.55. The van der Waals surface area contributed by atoms with Gasteiger partial charge in [-0.15, -0.1) is 0 Å². The van der Waals surface area contributed by atoms with Gasteiger partial charge < -0.3 is 22.8 Å². The standard InChI is InChI=1S/C31H21N.C29H21N.2C27H19N.C23H17N/c1-20-19-28-29(25-16-8-5-13-22(20)25)30-26-17-9-6-14-23(26)24-15-7-10-18-27(24)31(30)32(28)21-11-3-2-4-12-21;1-20-16-17-24-27-19-26(21-10-4-2-5-11-21)23-14-8-9-15-25(23)29(27)30(28(24)18-20)22-12-6-3-7-13-22;1-18-15-16-24-25(17-18)28(19-9-3-2-4-10-19)27-23-14-8-6-12-21(23)20-11-5-7-13-22(20)26(24)27;1-18-17-25-27(23-14-8-7-12-21(18)23)26-22-13-6-5-9-19(22)15-16-24(26)28(25)20-10-3-2-4-11-20;1-16-11-13-20-21-14-12-17-7-5-6-10-19(17)23(21)24(22(20)15-16)18-8-3-2-4-9-18/h2-19H,1H3;2-19H,1H3;2*2-17H,1H3;2-15H,1H3. The molecule has 0 bridgehead atoms. The van der Waals surface area contributed by atoms with E-state index in [4.69, 9.17) is 0 Å². The van der Waals surface area contributed by atoms with Crippen molar-refractivity contribution < 1.29 is 0 Å². The second-order valence-electron chi connectivity index (χ2n) is 37.9. The predicted molar refractivity (Wildman–Crippen MR) is 611 cm³/mol. The second-order valence-corrected chi connectivity index (χ2v) is 37.9. The lowest BCUT2D eigenvalue weighted by atomic mass is 9.94. The number of fused-ring (bicyclic) bond motifs is 35. The molecule has 5 nitrogen and oxygen atoms in total. The van der Waals surface area contributed by atoms with Crippen molar-refractivity contribution in [3.8, 4) is 39.6 Å². The predicted octanol–water partition coefficient (Wildman–Crippen LogP) is 37.5. The normalized spacial score (nSPS) is 11.7. The second kappa shape index (κ2) is 34.8. The third kappa shape index (κ3) is 13.9. The van der Waals surface area contributed by atoms with Gasteiger partial charge in [-0.1, -0.05) is 394 Å². The van der Waals surface area contributed by atoms with Crippen LogP contribution >= 0.6 is 0 Å². The Morgan fingerprint density at radius 1 is 0.134 bits per heavy atom. The number of aromatic nitrogens is 5. The highest BCUT2D eigenvalue weighted by atomic mass is 15.0. The van der Waals surface area contributed by atoms with Crippen LogP contribution in [-0.4, -0.2) is 22.8 Å². The zero-order valence-electron chi connectivity index (χ0n) is 79.6. The van der Waals surface area contributed by atoms with Crippen molar-refractivity contribution in [2.45, 2.75) is 34.6 Å². The van der Waals surface area contributed by atoms with Crippen LogP contribution in [0.25, 0.3) is 246 Å². The van der Waals surface area contributed by atoms with Gasteiger partial charge in [0.15, 0.2) is 0 Å². The smallest absolute Gasteiger partial charge is 0.0626 e. The van der Waals surface area contributed by atoms with Gasteiger partial charge in [0.2, 0.25) is 0 Å². The zero-order chi connectivity index (χ0) is 94.7. The van der Waals surface area contributed by atoms with E-state index in [1.807, 2.05) is 0 Å². The Hall–Kier alpha value is -18.2. The zero-order valence-corrected chi connectivity index (χ0v) is 79.6. The molecule has 0 aliphatic rings. The van der Waals surface area contributed by atoms with Gasteiger partial charge in [0.25, 0.3) is 0 Å². The Kier molecular flexibility index (Phi) is 20.7. The van der Waals surface area contributed by atoms with Crippen molar-refractivity contribution in [2.75, 3.05) is 0 Å². The monoisotopic (exact) mass is 1810 g/mol. The molecular weight excluding hydrogens is 1720 g/mol. The molecule has 5 aromatic heterocycles. The molecule has 670 valence electrons. The lowest BCUT2D eigenvalue weighted by molar-refractivity contribution is 1.18. The minimum absolute atomic E-state index is 1.20. The summed E-state index contributed by atoms with van der Waals surface area (Å²) in [5.41, 5.74) is 27.7. The summed E-state index contributed by atoms with van der Waals surface area (Å²) in [5, 5.41) is 36.7. The van der Waals surface area contributed by atoms with Gasteiger partial charge in [-0.2, -0.15) is 0 Å². The van der Waals surface area contributed by atoms with Gasteiger partial charge in [0, 0.05) is 104 Å². The average molecular weight is 1810 g/mol. The van der Waals surface area contributed by atoms with E-state index in [-0.39, 0.29) is 0 Å². The van der Waals surface area contributed by atoms with E-state index >= 15 is 0 Å². The van der Waals surface area contributed by atoms with Crippen molar-refractivity contribution in [1.82, 2.24) is 22.8 Å². The molecule has 5 heterocycles. The summed E-state index contributed by atoms with van der Waals surface area (Å²) in [6.07, 6.45) is 0. The summed E-state index contributed by atoms with van der Waals surface area (Å²) < 4.78 is 12.1. The molecule has 30 aromatic rings. The molecule has 0 fully saturated rings. The number of nitrogens with zero attached hydrogens (tertiary/aromatic N) is 5. The van der Waals surface area contributed by atoms with E-state index in [0.29, 0.717) is 0 Å². The first-order valence-corrected chi connectivity index (χ1v) is 49.3. The Morgan fingerprint density at radius 3 is 0.880 bits per heavy atom. The summed E-state index contributed by atoms with van der Waals surface area (Å²) in [7, 11) is 0. The fourth-order valence-electron chi connectivity index (χ4n) is 23.3. The van der Waals surface area contributed by atoms with E-state index in [1.165, 1.54) is 273 Å². The molecule has 5 heteroatoms. The summed E-state index contributed by atoms with van der Waals surface area (Å²) in [5.74, 6) is 0. The van der Waals surface area contributed by atoms with Crippen LogP contribution in [0.3, 0.4) is 0 Å². The quantitative estimate of drug-likeness (QED) is 0.148. The summed E-state index contributed by atoms with van der Waals surface area (Å²) >= 11 is 0. The minimum atomic E-state index is 1.20. The molecule has 0 N–H and O–H groups in total. The van der Waals surface area contributed by atoms with Crippen molar-refractivity contribution in [3.63, 3.8) is 0 Å². The van der Waals surface area contributed by atoms with Gasteiger partial charge in [-0.25, -0.2) is 0 Å². The van der Waals surface area contributed by atoms with E-state index in [9.17, 15) is 0 Å². The number of benzene rings is 25. The first-order valence-electron chi connectivity index (χ1n) is 49.3. The molecular formula is C137H97N5. The van der Waals surface area contributed by atoms with Gasteiger partial charge in [0.1, 0.15) is 0 Å². The molecule has 25 aromatic carbocycles. The largest absolute Gasteiger partial charge is 0.309 e. The number of aryl methyl sites for hydroxylation is 5. The van der Waals surface area contributed by atoms with Crippen molar-refractivity contribution >= 4 is 206 Å². The minimum Gasteiger partial charge on any atom is -0.309 e. The molecule has 0 saturated carbocycles. The number of hydrogen-bond acceptors (Lipinski definition) is 0. The number of hydrogen-bond donors (Lipinski definition) is 0. The van der Waals surface area contributed by atoms with Crippen LogP contribution < -0.4 is 0 Å². The lowest BCUT2D eigenvalue weighted by Gasteiger charge is -2.12. The van der Waals surface area contributed by atoms with Gasteiger partial charge >= 0.3 is 0 Å². The summed E-state index contributed by atoms with van der Waals surface area (Å²) in [6, 6.07) is 180. The summed E-state index contributed by atoms with van der Waals surface area (Å²) in [4.78, 5) is 0. The molecule has 142 heavy (non-hydrogen) atoms. The molecule has 0 unspecified atom stereocenters. The van der Waals surface area contributed by atoms with E-state index in [2.05, 4.69) is 555 Å². The highest BCUT2D eigenvalue weighted by molar-refractivity contribution is 6.37. The van der Waals surface area contributed by atoms with Gasteiger partial charge in [-0.05, 0) is 252 Å². The Bertz CT molecular complexity index is 10300. The maximum atomic E-state index is 2.47. The van der Waals surface area contributed by atoms with Gasteiger partial charge in [0.05, 0.1) is 55.2 Å². The van der Waals surface area contributed by atoms with Crippen LogP contribution in [0, 0.1) is 34.6 Å². The Balaban J connectivity index is 0.0000000912. The summed E-state index contributed by atoms with van der Waals surface area (Å²) in [6.45, 7) is 10.9. The lowest BCUT2D eigenvalue weighted by Crippen LogP contribution is -1.95. The van der Waals surface area contributed by atoms with Crippen LogP contribution in [0.15, 0.2) is 497 Å². The maximum Gasteiger partial charge on any atom is 0.0626 e. The molecule has 30 rings (SSSR count). The molecule has 0 aliphatic heterocycles. The van der Waals surface area contributed by atoms with Gasteiger partial charge in [-0.3, -0.25) is 0 Å². The Labute approximate surface area is 822 Å². The molecule has 0 saturated heterocycles. The maximum absolute atomic E-state index is 2.47. The number of rotatable bonds is 6. The third-order valence-corrected chi connectivity index (χ3v) is 29.4. The topological polar surface area (TPSA) is 24.6 Å².